The number of hydrogen-bond donors (Lipinski definition) is 2. The smallest absolute Gasteiger partial charge is 0.383 e. The third-order valence-electron chi connectivity index (χ3n) is 5.42. The molecule has 1 aliphatic rings. The summed E-state index contributed by atoms with van der Waals surface area (Å²) in [7, 11) is 1.45. The maximum Gasteiger partial charge on any atom is 0.416 e. The second-order valence-corrected chi connectivity index (χ2v) is 7.22. The molecular formula is C20H18F4N4O2. The zero-order chi connectivity index (χ0) is 21.8. The first kappa shape index (κ1) is 20.1. The van der Waals surface area contributed by atoms with Crippen molar-refractivity contribution in [2.75, 3.05) is 12.8 Å². The van der Waals surface area contributed by atoms with E-state index in [0.29, 0.717) is 36.1 Å². The highest BCUT2D eigenvalue weighted by Gasteiger charge is 2.32. The van der Waals surface area contributed by atoms with Gasteiger partial charge in [-0.3, -0.25) is 4.79 Å². The monoisotopic (exact) mass is 422 g/mol. The number of fused-ring (bicyclic) bond motifs is 3. The van der Waals surface area contributed by atoms with Crippen molar-refractivity contribution in [3.05, 3.63) is 58.0 Å². The Balaban J connectivity index is 1.64. The van der Waals surface area contributed by atoms with Crippen LogP contribution in [0.1, 0.15) is 45.7 Å². The number of rotatable bonds is 3. The van der Waals surface area contributed by atoms with Crippen molar-refractivity contribution in [1.29, 1.82) is 0 Å². The molecule has 0 saturated carbocycles. The molecule has 0 bridgehead atoms. The van der Waals surface area contributed by atoms with Crippen molar-refractivity contribution in [2.45, 2.75) is 32.4 Å². The highest BCUT2D eigenvalue weighted by atomic mass is 19.4. The Morgan fingerprint density at radius 3 is 2.63 bits per heavy atom. The first-order valence-corrected chi connectivity index (χ1v) is 9.09. The largest absolute Gasteiger partial charge is 0.416 e. The third kappa shape index (κ3) is 3.26. The van der Waals surface area contributed by atoms with Gasteiger partial charge in [0.15, 0.2) is 0 Å². The Hall–Kier alpha value is -3.14. The summed E-state index contributed by atoms with van der Waals surface area (Å²) in [6, 6.07) is 3.01. The minimum atomic E-state index is -4.65. The Labute approximate surface area is 168 Å². The van der Waals surface area contributed by atoms with Crippen LogP contribution in [-0.2, 0) is 24.1 Å². The van der Waals surface area contributed by atoms with Crippen molar-refractivity contribution >= 4 is 22.8 Å². The molecule has 1 atom stereocenters. The van der Waals surface area contributed by atoms with E-state index < -0.39 is 29.5 Å². The lowest BCUT2D eigenvalue weighted by molar-refractivity contribution is -0.137. The Morgan fingerprint density at radius 1 is 1.27 bits per heavy atom. The summed E-state index contributed by atoms with van der Waals surface area (Å²) in [5.74, 6) is -1.16. The van der Waals surface area contributed by atoms with Gasteiger partial charge in [0.05, 0.1) is 35.9 Å². The maximum atomic E-state index is 14.3. The number of halogens is 4. The summed E-state index contributed by atoms with van der Waals surface area (Å²) < 4.78 is 58.1. The minimum Gasteiger partial charge on any atom is -0.383 e. The van der Waals surface area contributed by atoms with E-state index in [9.17, 15) is 22.4 Å². The first-order valence-electron chi connectivity index (χ1n) is 9.09. The van der Waals surface area contributed by atoms with Gasteiger partial charge in [-0.05, 0) is 25.1 Å². The lowest BCUT2D eigenvalue weighted by Crippen LogP contribution is -2.30. The van der Waals surface area contributed by atoms with Gasteiger partial charge in [0.1, 0.15) is 17.3 Å². The van der Waals surface area contributed by atoms with Crippen LogP contribution in [-0.4, -0.2) is 27.8 Å². The lowest BCUT2D eigenvalue weighted by Gasteiger charge is -2.25. The van der Waals surface area contributed by atoms with Gasteiger partial charge in [-0.15, -0.1) is 0 Å². The summed E-state index contributed by atoms with van der Waals surface area (Å²) in [5, 5.41) is 0. The fourth-order valence-electron chi connectivity index (χ4n) is 3.57. The number of nitrogens with zero attached hydrogens (tertiary/aromatic N) is 2. The van der Waals surface area contributed by atoms with Crippen LogP contribution in [0.2, 0.25) is 0 Å². The SMILES string of the molecule is C[C@@H](c1ccc(C(F)(F)F)cc1F)N(C)C(=O)c1cc2nc(N)c3c(c2[nH]1)COC3. The van der Waals surface area contributed by atoms with E-state index in [1.807, 2.05) is 0 Å². The number of carbonyl (C=O) groups is 1. The summed E-state index contributed by atoms with van der Waals surface area (Å²) >= 11 is 0. The predicted octanol–water partition coefficient (Wildman–Crippen LogP) is 4.17. The molecule has 1 aromatic carbocycles. The molecule has 0 unspecified atom stereocenters. The zero-order valence-electron chi connectivity index (χ0n) is 16.1. The average Bonchev–Trinajstić information content (AvgIpc) is 3.32. The van der Waals surface area contributed by atoms with Gasteiger partial charge in [-0.2, -0.15) is 13.2 Å². The van der Waals surface area contributed by atoms with Crippen LogP contribution in [0.5, 0.6) is 0 Å². The number of nitrogen functional groups attached to an aromatic ring is 1. The number of hydrogen-bond acceptors (Lipinski definition) is 4. The number of carbonyl (C=O) groups excluding carboxylic acids is 1. The van der Waals surface area contributed by atoms with Gasteiger partial charge < -0.3 is 20.4 Å². The van der Waals surface area contributed by atoms with E-state index in [1.54, 1.807) is 6.07 Å². The molecule has 3 N–H and O–H groups in total. The zero-order valence-corrected chi connectivity index (χ0v) is 16.1. The summed E-state index contributed by atoms with van der Waals surface area (Å²) in [6.07, 6.45) is -4.65. The van der Waals surface area contributed by atoms with E-state index in [1.165, 1.54) is 18.9 Å². The van der Waals surface area contributed by atoms with Crippen LogP contribution in [0.25, 0.3) is 11.0 Å². The molecule has 0 fully saturated rings. The summed E-state index contributed by atoms with van der Waals surface area (Å²) in [5.41, 5.74) is 7.80. The molecule has 30 heavy (non-hydrogen) atoms. The van der Waals surface area contributed by atoms with Crippen LogP contribution in [0.15, 0.2) is 24.3 Å². The maximum absolute atomic E-state index is 14.3. The average molecular weight is 422 g/mol. The third-order valence-corrected chi connectivity index (χ3v) is 5.42. The number of anilines is 1. The number of ether oxygens (including phenoxy) is 1. The van der Waals surface area contributed by atoms with E-state index in [-0.39, 0.29) is 11.3 Å². The number of alkyl halides is 3. The minimum absolute atomic E-state index is 0.0216. The number of nitrogens with one attached hydrogen (secondary N) is 1. The molecule has 3 heterocycles. The number of aromatic amines is 1. The number of benzene rings is 1. The van der Waals surface area contributed by atoms with Crippen LogP contribution in [0, 0.1) is 5.82 Å². The second-order valence-electron chi connectivity index (χ2n) is 7.22. The van der Waals surface area contributed by atoms with E-state index in [2.05, 4.69) is 9.97 Å². The van der Waals surface area contributed by atoms with Gasteiger partial charge in [-0.1, -0.05) is 6.07 Å². The molecule has 0 saturated heterocycles. The topological polar surface area (TPSA) is 84.2 Å². The second kappa shape index (κ2) is 6.98. The lowest BCUT2D eigenvalue weighted by atomic mass is 10.0. The van der Waals surface area contributed by atoms with Gasteiger partial charge in [0.2, 0.25) is 0 Å². The van der Waals surface area contributed by atoms with Gasteiger partial charge >= 0.3 is 6.18 Å². The Kier molecular flexibility index (Phi) is 4.69. The molecule has 10 heteroatoms. The van der Waals surface area contributed by atoms with E-state index >= 15 is 0 Å². The van der Waals surface area contributed by atoms with Crippen LogP contribution in [0.4, 0.5) is 23.4 Å². The van der Waals surface area contributed by atoms with Crippen LogP contribution in [0.3, 0.4) is 0 Å². The first-order chi connectivity index (χ1) is 14.1. The number of aromatic nitrogens is 2. The number of H-pyrrole nitrogens is 1. The molecule has 0 aliphatic carbocycles. The summed E-state index contributed by atoms with van der Waals surface area (Å²) in [6.45, 7) is 2.22. The number of nitrogens with two attached hydrogens (primary N) is 1. The molecule has 158 valence electrons. The number of amides is 1. The van der Waals surface area contributed by atoms with E-state index in [0.717, 1.165) is 23.3 Å². The van der Waals surface area contributed by atoms with Gasteiger partial charge in [-0.25, -0.2) is 9.37 Å². The van der Waals surface area contributed by atoms with Crippen molar-refractivity contribution in [3.8, 4) is 0 Å². The molecule has 6 nitrogen and oxygen atoms in total. The highest BCUT2D eigenvalue weighted by Crippen LogP contribution is 2.34. The molecule has 1 aliphatic heterocycles. The predicted molar refractivity (Wildman–Crippen MR) is 101 cm³/mol. The molecule has 1 amide bonds. The van der Waals surface area contributed by atoms with Crippen LogP contribution >= 0.6 is 0 Å². The highest BCUT2D eigenvalue weighted by molar-refractivity contribution is 5.98. The molecule has 0 radical (unpaired) electrons. The number of pyridine rings is 1. The quantitative estimate of drug-likeness (QED) is 0.621. The van der Waals surface area contributed by atoms with Gasteiger partial charge in [0.25, 0.3) is 5.91 Å². The molecule has 4 rings (SSSR count). The van der Waals surface area contributed by atoms with Crippen molar-refractivity contribution in [3.63, 3.8) is 0 Å². The standard InChI is InChI=1S/C20H18F4N4O2/c1-9(11-4-3-10(5-14(11)21)20(22,23)24)28(2)19(29)16-6-15-17(26-16)12-7-30-8-13(12)18(25)27-15/h3-6,9,26H,7-8H2,1-2H3,(H2,25,27)/t9-/m0/s1. The normalized spacial score (nSPS) is 14.7. The van der Waals surface area contributed by atoms with Crippen LogP contribution < -0.4 is 5.73 Å². The van der Waals surface area contributed by atoms with Crippen molar-refractivity contribution in [2.24, 2.45) is 0 Å². The Bertz CT molecular complexity index is 1160. The molecule has 0 spiro atoms. The Morgan fingerprint density at radius 2 is 1.97 bits per heavy atom. The van der Waals surface area contributed by atoms with Crippen molar-refractivity contribution < 1.29 is 27.1 Å². The summed E-state index contributed by atoms with van der Waals surface area (Å²) in [4.78, 5) is 21.5. The fourth-order valence-corrected chi connectivity index (χ4v) is 3.57. The van der Waals surface area contributed by atoms with Gasteiger partial charge in [0, 0.05) is 23.7 Å². The fraction of sp³-hybridized carbons (Fsp3) is 0.300. The molecule has 2 aromatic heterocycles. The molecule has 3 aromatic rings. The van der Waals surface area contributed by atoms with E-state index in [4.69, 9.17) is 10.5 Å². The van der Waals surface area contributed by atoms with Crippen molar-refractivity contribution in [1.82, 2.24) is 14.9 Å². The molecular weight excluding hydrogens is 404 g/mol.